The van der Waals surface area contributed by atoms with Crippen molar-refractivity contribution in [1.82, 2.24) is 14.5 Å². The van der Waals surface area contributed by atoms with Crippen LogP contribution in [-0.2, 0) is 12.8 Å². The van der Waals surface area contributed by atoms with Gasteiger partial charge in [0.15, 0.2) is 11.6 Å². The molecule has 0 radical (unpaired) electrons. The Labute approximate surface area is 170 Å². The van der Waals surface area contributed by atoms with Gasteiger partial charge in [-0.3, -0.25) is 14.5 Å². The lowest BCUT2D eigenvalue weighted by molar-refractivity contribution is 0.0655. The Morgan fingerprint density at radius 2 is 1.83 bits per heavy atom. The Kier molecular flexibility index (Phi) is 4.34. The maximum atomic E-state index is 13.9. The second-order valence-corrected chi connectivity index (χ2v) is 7.39. The standard InChI is InChI=1S/C22H17F2N3O3/c23-14-7-13-8-16(11-30-20(13)19(24)9-14)27-12-25-10-15(27)5-6-26-21(28)17-3-1-2-4-18(17)22(26)29/h1-4,7,9-10,12,16H,5-6,8,11H2/t16-/m1/s1. The largest absolute Gasteiger partial charge is 0.488 e. The molecule has 0 aliphatic carbocycles. The van der Waals surface area contributed by atoms with Gasteiger partial charge in [0, 0.05) is 42.9 Å². The quantitative estimate of drug-likeness (QED) is 0.621. The summed E-state index contributed by atoms with van der Waals surface area (Å²) < 4.78 is 34.9. The van der Waals surface area contributed by atoms with Gasteiger partial charge in [0.25, 0.3) is 11.8 Å². The number of halogens is 2. The first-order valence-electron chi connectivity index (χ1n) is 9.59. The molecule has 152 valence electrons. The molecule has 2 aliphatic heterocycles. The molecule has 0 N–H and O–H groups in total. The molecule has 2 amide bonds. The first-order chi connectivity index (χ1) is 14.5. The van der Waals surface area contributed by atoms with Gasteiger partial charge in [-0.15, -0.1) is 0 Å². The van der Waals surface area contributed by atoms with E-state index in [-0.39, 0.29) is 36.8 Å². The third-order valence-corrected chi connectivity index (χ3v) is 5.57. The van der Waals surface area contributed by atoms with Crippen molar-refractivity contribution in [3.63, 3.8) is 0 Å². The average molecular weight is 409 g/mol. The lowest BCUT2D eigenvalue weighted by atomic mass is 10.0. The van der Waals surface area contributed by atoms with Crippen LogP contribution in [0.1, 0.15) is 38.0 Å². The molecule has 0 spiro atoms. The van der Waals surface area contributed by atoms with Crippen LogP contribution in [0, 0.1) is 11.6 Å². The molecule has 2 aromatic carbocycles. The summed E-state index contributed by atoms with van der Waals surface area (Å²) in [6.45, 7) is 0.428. The number of amides is 2. The lowest BCUT2D eigenvalue weighted by Crippen LogP contribution is -2.33. The average Bonchev–Trinajstić information content (AvgIpc) is 3.30. The Hall–Kier alpha value is -3.55. The van der Waals surface area contributed by atoms with E-state index in [0.29, 0.717) is 29.5 Å². The molecule has 3 aromatic rings. The van der Waals surface area contributed by atoms with Crippen LogP contribution in [0.2, 0.25) is 0 Å². The van der Waals surface area contributed by atoms with Crippen LogP contribution in [0.3, 0.4) is 0 Å². The van der Waals surface area contributed by atoms with Crippen molar-refractivity contribution in [1.29, 1.82) is 0 Å². The van der Waals surface area contributed by atoms with Crippen molar-refractivity contribution in [2.75, 3.05) is 13.2 Å². The number of imidazole rings is 1. The third kappa shape index (κ3) is 2.96. The van der Waals surface area contributed by atoms with Crippen LogP contribution < -0.4 is 4.74 Å². The van der Waals surface area contributed by atoms with E-state index < -0.39 is 11.6 Å². The summed E-state index contributed by atoms with van der Waals surface area (Å²) in [6, 6.07) is 8.65. The van der Waals surface area contributed by atoms with Crippen LogP contribution in [0.25, 0.3) is 0 Å². The van der Waals surface area contributed by atoms with Crippen molar-refractivity contribution in [2.24, 2.45) is 0 Å². The van der Waals surface area contributed by atoms with Gasteiger partial charge in [-0.25, -0.2) is 13.8 Å². The molecule has 30 heavy (non-hydrogen) atoms. The predicted octanol–water partition coefficient (Wildman–Crippen LogP) is 3.18. The summed E-state index contributed by atoms with van der Waals surface area (Å²) in [7, 11) is 0. The van der Waals surface area contributed by atoms with Gasteiger partial charge in [-0.05, 0) is 18.2 Å². The first kappa shape index (κ1) is 18.5. The van der Waals surface area contributed by atoms with E-state index in [9.17, 15) is 18.4 Å². The van der Waals surface area contributed by atoms with Crippen LogP contribution in [-0.4, -0.2) is 39.4 Å². The number of hydrogen-bond acceptors (Lipinski definition) is 4. The highest BCUT2D eigenvalue weighted by Gasteiger charge is 2.35. The molecule has 6 nitrogen and oxygen atoms in total. The predicted molar refractivity (Wildman–Crippen MR) is 102 cm³/mol. The Morgan fingerprint density at radius 1 is 1.10 bits per heavy atom. The zero-order valence-electron chi connectivity index (χ0n) is 15.8. The molecular weight excluding hydrogens is 392 g/mol. The van der Waals surface area contributed by atoms with Gasteiger partial charge >= 0.3 is 0 Å². The van der Waals surface area contributed by atoms with Gasteiger partial charge in [0.1, 0.15) is 12.4 Å². The van der Waals surface area contributed by atoms with E-state index in [1.807, 2.05) is 4.57 Å². The minimum Gasteiger partial charge on any atom is -0.488 e. The fraction of sp³-hybridized carbons (Fsp3) is 0.227. The van der Waals surface area contributed by atoms with Gasteiger partial charge in [0.05, 0.1) is 23.5 Å². The Morgan fingerprint density at radius 3 is 2.57 bits per heavy atom. The van der Waals surface area contributed by atoms with E-state index >= 15 is 0 Å². The molecule has 5 rings (SSSR count). The van der Waals surface area contributed by atoms with Crippen molar-refractivity contribution < 1.29 is 23.1 Å². The number of imide groups is 1. The van der Waals surface area contributed by atoms with E-state index in [1.54, 1.807) is 36.8 Å². The van der Waals surface area contributed by atoms with Crippen molar-refractivity contribution in [2.45, 2.75) is 18.9 Å². The molecule has 0 saturated carbocycles. The second kappa shape index (κ2) is 7.05. The number of nitrogens with zero attached hydrogens (tertiary/aromatic N) is 3. The van der Waals surface area contributed by atoms with E-state index in [4.69, 9.17) is 4.74 Å². The summed E-state index contributed by atoms with van der Waals surface area (Å²) in [4.78, 5) is 30.5. The van der Waals surface area contributed by atoms with Gasteiger partial charge in [0.2, 0.25) is 0 Å². The summed E-state index contributed by atoms with van der Waals surface area (Å²) in [5.41, 5.74) is 2.10. The van der Waals surface area contributed by atoms with Crippen LogP contribution in [0.15, 0.2) is 48.9 Å². The van der Waals surface area contributed by atoms with Crippen LogP contribution in [0.4, 0.5) is 8.78 Å². The fourth-order valence-electron chi connectivity index (χ4n) is 4.12. The van der Waals surface area contributed by atoms with Gasteiger partial charge in [-0.1, -0.05) is 12.1 Å². The third-order valence-electron chi connectivity index (χ3n) is 5.57. The molecule has 0 fully saturated rings. The fourth-order valence-corrected chi connectivity index (χ4v) is 4.12. The topological polar surface area (TPSA) is 64.4 Å². The SMILES string of the molecule is O=C1c2ccccc2C(=O)N1CCc1cncn1[C@H]1COc2c(F)cc(F)cc2C1. The summed E-state index contributed by atoms with van der Waals surface area (Å²) >= 11 is 0. The van der Waals surface area contributed by atoms with Crippen molar-refractivity contribution in [3.05, 3.63) is 82.9 Å². The number of fused-ring (bicyclic) bond motifs is 2. The van der Waals surface area contributed by atoms with Crippen molar-refractivity contribution in [3.8, 4) is 5.75 Å². The number of ether oxygens (including phenoxy) is 1. The van der Waals surface area contributed by atoms with E-state index in [1.165, 1.54) is 11.0 Å². The van der Waals surface area contributed by atoms with Gasteiger partial charge in [-0.2, -0.15) is 0 Å². The molecule has 2 aliphatic rings. The number of benzene rings is 2. The number of hydrogen-bond donors (Lipinski definition) is 0. The molecule has 1 aromatic heterocycles. The van der Waals surface area contributed by atoms with E-state index in [2.05, 4.69) is 4.98 Å². The van der Waals surface area contributed by atoms with Crippen LogP contribution in [0.5, 0.6) is 5.75 Å². The highest BCUT2D eigenvalue weighted by atomic mass is 19.1. The van der Waals surface area contributed by atoms with E-state index in [0.717, 1.165) is 11.8 Å². The minimum atomic E-state index is -0.708. The second-order valence-electron chi connectivity index (χ2n) is 7.39. The molecule has 0 unspecified atom stereocenters. The first-order valence-corrected chi connectivity index (χ1v) is 9.59. The molecule has 8 heteroatoms. The van der Waals surface area contributed by atoms with Gasteiger partial charge < -0.3 is 9.30 Å². The minimum absolute atomic E-state index is 0.0836. The maximum absolute atomic E-state index is 13.9. The highest BCUT2D eigenvalue weighted by Crippen LogP contribution is 2.33. The number of rotatable bonds is 4. The Bertz CT molecular complexity index is 1140. The zero-order chi connectivity index (χ0) is 20.8. The lowest BCUT2D eigenvalue weighted by Gasteiger charge is -2.28. The maximum Gasteiger partial charge on any atom is 0.261 e. The normalized spacial score (nSPS) is 17.7. The summed E-state index contributed by atoms with van der Waals surface area (Å²) in [6.07, 6.45) is 4.10. The molecule has 0 bridgehead atoms. The smallest absolute Gasteiger partial charge is 0.261 e. The zero-order valence-corrected chi connectivity index (χ0v) is 15.8. The monoisotopic (exact) mass is 409 g/mol. The number of aromatic nitrogens is 2. The molecule has 0 saturated heterocycles. The number of carbonyl (C=O) groups excluding carboxylic acids is 2. The highest BCUT2D eigenvalue weighted by molar-refractivity contribution is 6.21. The summed E-state index contributed by atoms with van der Waals surface area (Å²) in [5.74, 6) is -1.88. The van der Waals surface area contributed by atoms with Crippen LogP contribution >= 0.6 is 0 Å². The Balaban J connectivity index is 1.33. The van der Waals surface area contributed by atoms with Crippen molar-refractivity contribution >= 4 is 11.8 Å². The molecule has 3 heterocycles. The molecule has 1 atom stereocenters. The summed E-state index contributed by atoms with van der Waals surface area (Å²) in [5, 5.41) is 0. The molecular formula is C22H17F2N3O3. The number of carbonyl (C=O) groups is 2.